The molecule has 2 heterocycles. The first-order valence-electron chi connectivity index (χ1n) is 9.12. The van der Waals surface area contributed by atoms with Gasteiger partial charge in [0.2, 0.25) is 0 Å². The maximum atomic E-state index is 12.9. The van der Waals surface area contributed by atoms with E-state index in [4.69, 9.17) is 0 Å². The van der Waals surface area contributed by atoms with E-state index in [-0.39, 0.29) is 5.56 Å². The summed E-state index contributed by atoms with van der Waals surface area (Å²) in [6.45, 7) is 5.23. The van der Waals surface area contributed by atoms with Gasteiger partial charge in [0, 0.05) is 31.6 Å². The third-order valence-electron chi connectivity index (χ3n) is 4.52. The number of carbonyl (C=O) groups excluding carboxylic acids is 1. The zero-order valence-electron chi connectivity index (χ0n) is 16.1. The van der Waals surface area contributed by atoms with Crippen molar-refractivity contribution in [2.24, 2.45) is 0 Å². The predicted octanol–water partition coefficient (Wildman–Crippen LogP) is 3.62. The van der Waals surface area contributed by atoms with Crippen LogP contribution in [0.5, 0.6) is 5.75 Å². The minimum absolute atomic E-state index is 0.114. The fourth-order valence-corrected chi connectivity index (χ4v) is 4.07. The van der Waals surface area contributed by atoms with Crippen molar-refractivity contribution >= 4 is 22.4 Å². The number of amides is 1. The van der Waals surface area contributed by atoms with Gasteiger partial charge in [-0.15, -0.1) is 24.5 Å². The highest BCUT2D eigenvalue weighted by molar-refractivity contribution is 7.13. The van der Waals surface area contributed by atoms with Gasteiger partial charge in [-0.1, -0.05) is 12.1 Å². The van der Waals surface area contributed by atoms with Crippen LogP contribution in [0.25, 0.3) is 0 Å². The standard InChI is InChI=1S/C19H22F3N3O3S/c1-18(2,27)15-12-29-17(23-15)25-9-5-8-24(10-11-25)16(26)13-6-3-4-7-14(13)28-19(20,21)22/h3-4,6-7,12,27H,5,8-11H2,1-2H3. The van der Waals surface area contributed by atoms with Crippen LogP contribution in [0.15, 0.2) is 29.6 Å². The number of rotatable bonds is 4. The number of hydrogen-bond donors (Lipinski definition) is 1. The van der Waals surface area contributed by atoms with E-state index in [9.17, 15) is 23.1 Å². The molecule has 29 heavy (non-hydrogen) atoms. The summed E-state index contributed by atoms with van der Waals surface area (Å²) in [6.07, 6.45) is -4.22. The van der Waals surface area contributed by atoms with Crippen LogP contribution in [0.4, 0.5) is 18.3 Å². The molecule has 1 aromatic carbocycles. The molecule has 0 aliphatic carbocycles. The van der Waals surface area contributed by atoms with Crippen molar-refractivity contribution in [3.63, 3.8) is 0 Å². The van der Waals surface area contributed by atoms with Crippen LogP contribution < -0.4 is 9.64 Å². The molecule has 0 saturated carbocycles. The first-order chi connectivity index (χ1) is 13.5. The first-order valence-corrected chi connectivity index (χ1v) is 10.00. The van der Waals surface area contributed by atoms with Crippen LogP contribution in [-0.4, -0.2) is 53.4 Å². The Hall–Kier alpha value is -2.33. The number of aliphatic hydroxyl groups is 1. The number of halogens is 3. The number of carbonyl (C=O) groups is 1. The van der Waals surface area contributed by atoms with Crippen LogP contribution in [0.1, 0.15) is 36.3 Å². The number of nitrogens with zero attached hydrogens (tertiary/aromatic N) is 3. The van der Waals surface area contributed by atoms with Crippen molar-refractivity contribution in [3.05, 3.63) is 40.9 Å². The normalized spacial score (nSPS) is 15.9. The van der Waals surface area contributed by atoms with E-state index in [1.54, 1.807) is 19.2 Å². The zero-order valence-corrected chi connectivity index (χ0v) is 16.9. The number of benzene rings is 1. The highest BCUT2D eigenvalue weighted by Crippen LogP contribution is 2.29. The summed E-state index contributed by atoms with van der Waals surface area (Å²) in [6, 6.07) is 5.38. The van der Waals surface area contributed by atoms with Gasteiger partial charge in [0.05, 0.1) is 11.3 Å². The Labute approximate surface area is 170 Å². The Balaban J connectivity index is 1.71. The number of alkyl halides is 3. The quantitative estimate of drug-likeness (QED) is 0.804. The largest absolute Gasteiger partial charge is 0.573 e. The summed E-state index contributed by atoms with van der Waals surface area (Å²) in [4.78, 5) is 20.9. The van der Waals surface area contributed by atoms with Gasteiger partial charge < -0.3 is 19.6 Å². The van der Waals surface area contributed by atoms with E-state index in [0.29, 0.717) is 38.3 Å². The predicted molar refractivity (Wildman–Crippen MR) is 103 cm³/mol. The molecule has 3 rings (SSSR count). The van der Waals surface area contributed by atoms with Gasteiger partial charge in [-0.05, 0) is 32.4 Å². The monoisotopic (exact) mass is 429 g/mol. The maximum Gasteiger partial charge on any atom is 0.573 e. The topological polar surface area (TPSA) is 65.9 Å². The van der Waals surface area contributed by atoms with E-state index < -0.39 is 23.6 Å². The lowest BCUT2D eigenvalue weighted by Crippen LogP contribution is -2.35. The smallest absolute Gasteiger partial charge is 0.405 e. The van der Waals surface area contributed by atoms with Crippen molar-refractivity contribution in [2.75, 3.05) is 31.1 Å². The Morgan fingerprint density at radius 3 is 2.55 bits per heavy atom. The minimum Gasteiger partial charge on any atom is -0.405 e. The zero-order chi connectivity index (χ0) is 21.2. The lowest BCUT2D eigenvalue weighted by atomic mass is 10.1. The molecule has 1 N–H and O–H groups in total. The molecule has 10 heteroatoms. The first kappa shape index (κ1) is 21.4. The maximum absolute atomic E-state index is 12.9. The van der Waals surface area contributed by atoms with Crippen molar-refractivity contribution in [1.29, 1.82) is 0 Å². The van der Waals surface area contributed by atoms with Crippen LogP contribution in [0.2, 0.25) is 0 Å². The van der Waals surface area contributed by atoms with E-state index in [1.165, 1.54) is 34.4 Å². The molecular formula is C19H22F3N3O3S. The summed E-state index contributed by atoms with van der Waals surface area (Å²) in [5.41, 5.74) is -0.574. The molecule has 1 aliphatic rings. The number of thiazole rings is 1. The number of hydrogen-bond acceptors (Lipinski definition) is 6. The van der Waals surface area contributed by atoms with Gasteiger partial charge in [-0.2, -0.15) is 0 Å². The summed E-state index contributed by atoms with van der Waals surface area (Å²) in [5.74, 6) is -0.996. The fourth-order valence-electron chi connectivity index (χ4n) is 3.03. The number of para-hydroxylation sites is 1. The molecule has 0 unspecified atom stereocenters. The second kappa shape index (κ2) is 8.19. The van der Waals surface area contributed by atoms with Crippen molar-refractivity contribution < 1.29 is 27.8 Å². The molecule has 0 spiro atoms. The van der Waals surface area contributed by atoms with Crippen molar-refractivity contribution in [3.8, 4) is 5.75 Å². The summed E-state index contributed by atoms with van der Waals surface area (Å²) in [5, 5.41) is 12.6. The molecule has 1 amide bonds. The molecular weight excluding hydrogens is 407 g/mol. The van der Waals surface area contributed by atoms with Crippen LogP contribution in [0.3, 0.4) is 0 Å². The highest BCUT2D eigenvalue weighted by Gasteiger charge is 2.34. The summed E-state index contributed by atoms with van der Waals surface area (Å²) >= 11 is 1.41. The van der Waals surface area contributed by atoms with E-state index in [2.05, 4.69) is 9.72 Å². The van der Waals surface area contributed by atoms with Gasteiger partial charge in [0.15, 0.2) is 5.13 Å². The SMILES string of the molecule is CC(C)(O)c1csc(N2CCCN(C(=O)c3ccccc3OC(F)(F)F)CC2)n1. The molecule has 0 bridgehead atoms. The van der Waals surface area contributed by atoms with Crippen LogP contribution in [-0.2, 0) is 5.60 Å². The van der Waals surface area contributed by atoms with Gasteiger partial charge in [0.1, 0.15) is 11.4 Å². The molecule has 1 saturated heterocycles. The average Bonchev–Trinajstić information content (AvgIpc) is 3.00. The molecule has 1 fully saturated rings. The van der Waals surface area contributed by atoms with E-state index >= 15 is 0 Å². The van der Waals surface area contributed by atoms with Crippen LogP contribution in [0, 0.1) is 0 Å². The molecule has 2 aromatic rings. The third kappa shape index (κ3) is 5.39. The lowest BCUT2D eigenvalue weighted by Gasteiger charge is -2.23. The highest BCUT2D eigenvalue weighted by atomic mass is 32.1. The van der Waals surface area contributed by atoms with Gasteiger partial charge in [-0.3, -0.25) is 4.79 Å². The molecule has 1 aromatic heterocycles. The molecule has 0 atom stereocenters. The van der Waals surface area contributed by atoms with Gasteiger partial charge >= 0.3 is 6.36 Å². The Morgan fingerprint density at radius 2 is 1.90 bits per heavy atom. The number of aromatic nitrogens is 1. The summed E-state index contributed by atoms with van der Waals surface area (Å²) in [7, 11) is 0. The van der Waals surface area contributed by atoms with Gasteiger partial charge in [-0.25, -0.2) is 4.98 Å². The number of anilines is 1. The third-order valence-corrected chi connectivity index (χ3v) is 5.42. The lowest BCUT2D eigenvalue weighted by molar-refractivity contribution is -0.274. The summed E-state index contributed by atoms with van der Waals surface area (Å²) < 4.78 is 41.9. The molecule has 1 aliphatic heterocycles. The Morgan fingerprint density at radius 1 is 1.17 bits per heavy atom. The van der Waals surface area contributed by atoms with E-state index in [1.807, 2.05) is 4.90 Å². The van der Waals surface area contributed by atoms with Crippen LogP contribution >= 0.6 is 11.3 Å². The van der Waals surface area contributed by atoms with Crippen molar-refractivity contribution in [1.82, 2.24) is 9.88 Å². The second-order valence-electron chi connectivity index (χ2n) is 7.25. The Bertz CT molecular complexity index is 864. The average molecular weight is 429 g/mol. The molecule has 6 nitrogen and oxygen atoms in total. The molecule has 158 valence electrons. The Kier molecular flexibility index (Phi) is 6.04. The fraction of sp³-hybridized carbons (Fsp3) is 0.474. The second-order valence-corrected chi connectivity index (χ2v) is 8.09. The molecule has 0 radical (unpaired) electrons. The van der Waals surface area contributed by atoms with Gasteiger partial charge in [0.25, 0.3) is 5.91 Å². The number of ether oxygens (including phenoxy) is 1. The van der Waals surface area contributed by atoms with E-state index in [0.717, 1.165) is 11.2 Å². The van der Waals surface area contributed by atoms with Crippen molar-refractivity contribution in [2.45, 2.75) is 32.2 Å². The minimum atomic E-state index is -4.87.